The zero-order chi connectivity index (χ0) is 16.2. The second kappa shape index (κ2) is 6.87. The van der Waals surface area contributed by atoms with Gasteiger partial charge in [-0.1, -0.05) is 12.1 Å². The van der Waals surface area contributed by atoms with Crippen LogP contribution in [-0.4, -0.2) is 43.2 Å². The van der Waals surface area contributed by atoms with Crippen molar-refractivity contribution >= 4 is 0 Å². The number of benzene rings is 1. The number of nitrogens with zero attached hydrogens (tertiary/aromatic N) is 1. The molecule has 1 aliphatic heterocycles. The number of ether oxygens (including phenoxy) is 1. The number of hydrogen-bond donors (Lipinski definition) is 1. The zero-order valence-electron chi connectivity index (χ0n) is 13.0. The largest absolute Gasteiger partial charge is 0.493 e. The van der Waals surface area contributed by atoms with E-state index in [1.807, 2.05) is 0 Å². The van der Waals surface area contributed by atoms with E-state index in [1.165, 1.54) is 12.1 Å². The Hall–Kier alpha value is -1.27. The maximum atomic E-state index is 12.8. The monoisotopic (exact) mass is 316 g/mol. The molecule has 0 aromatic heterocycles. The first kappa shape index (κ1) is 17.1. The van der Waals surface area contributed by atoms with Gasteiger partial charge >= 0.3 is 6.18 Å². The topological polar surface area (TPSA) is 24.5 Å². The molecule has 0 atom stereocenters. The third-order valence-electron chi connectivity index (χ3n) is 3.72. The SMILES string of the molecule is CC1(C)CN(CCCOc2ccccc2C(F)(F)F)CCN1. The molecule has 1 N–H and O–H groups in total. The van der Waals surface area contributed by atoms with Gasteiger partial charge in [-0.25, -0.2) is 0 Å². The van der Waals surface area contributed by atoms with Crippen molar-refractivity contribution in [2.75, 3.05) is 32.8 Å². The van der Waals surface area contributed by atoms with Crippen molar-refractivity contribution in [3.63, 3.8) is 0 Å². The van der Waals surface area contributed by atoms with Crippen molar-refractivity contribution < 1.29 is 17.9 Å². The van der Waals surface area contributed by atoms with Gasteiger partial charge in [0.25, 0.3) is 0 Å². The molecule has 0 unspecified atom stereocenters. The summed E-state index contributed by atoms with van der Waals surface area (Å²) in [7, 11) is 0. The van der Waals surface area contributed by atoms with Gasteiger partial charge in [-0.05, 0) is 32.4 Å². The summed E-state index contributed by atoms with van der Waals surface area (Å²) >= 11 is 0. The van der Waals surface area contributed by atoms with Gasteiger partial charge in [0.15, 0.2) is 0 Å². The van der Waals surface area contributed by atoms with Crippen LogP contribution in [0.3, 0.4) is 0 Å². The van der Waals surface area contributed by atoms with Crippen molar-refractivity contribution in [1.29, 1.82) is 0 Å². The highest BCUT2D eigenvalue weighted by Gasteiger charge is 2.34. The quantitative estimate of drug-likeness (QED) is 0.845. The summed E-state index contributed by atoms with van der Waals surface area (Å²) in [6.07, 6.45) is -3.67. The Kier molecular flexibility index (Phi) is 5.34. The molecular weight excluding hydrogens is 293 g/mol. The second-order valence-corrected chi connectivity index (χ2v) is 6.28. The molecule has 1 saturated heterocycles. The number of hydrogen-bond acceptors (Lipinski definition) is 3. The summed E-state index contributed by atoms with van der Waals surface area (Å²) in [6.45, 7) is 8.25. The number of nitrogens with one attached hydrogen (secondary N) is 1. The van der Waals surface area contributed by atoms with Gasteiger partial charge in [0.1, 0.15) is 5.75 Å². The van der Waals surface area contributed by atoms with Crippen LogP contribution in [0, 0.1) is 0 Å². The van der Waals surface area contributed by atoms with Crippen LogP contribution in [0.4, 0.5) is 13.2 Å². The Labute approximate surface area is 129 Å². The van der Waals surface area contributed by atoms with E-state index in [9.17, 15) is 13.2 Å². The fraction of sp³-hybridized carbons (Fsp3) is 0.625. The first-order valence-electron chi connectivity index (χ1n) is 7.54. The minimum Gasteiger partial charge on any atom is -0.493 e. The van der Waals surface area contributed by atoms with E-state index in [2.05, 4.69) is 24.1 Å². The van der Waals surface area contributed by atoms with E-state index < -0.39 is 11.7 Å². The maximum absolute atomic E-state index is 12.8. The lowest BCUT2D eigenvalue weighted by Crippen LogP contribution is -2.57. The van der Waals surface area contributed by atoms with E-state index in [0.29, 0.717) is 6.42 Å². The molecule has 1 aromatic rings. The van der Waals surface area contributed by atoms with Gasteiger partial charge in [-0.3, -0.25) is 0 Å². The molecule has 0 spiro atoms. The molecule has 124 valence electrons. The molecule has 0 radical (unpaired) electrons. The fourth-order valence-corrected chi connectivity index (χ4v) is 2.73. The number of piperazine rings is 1. The molecule has 6 heteroatoms. The molecule has 0 amide bonds. The van der Waals surface area contributed by atoms with Gasteiger partial charge in [-0.15, -0.1) is 0 Å². The lowest BCUT2D eigenvalue weighted by atomic mass is 10.0. The van der Waals surface area contributed by atoms with Crippen molar-refractivity contribution in [3.8, 4) is 5.75 Å². The lowest BCUT2D eigenvalue weighted by molar-refractivity contribution is -0.139. The minimum atomic E-state index is -4.38. The van der Waals surface area contributed by atoms with Crippen LogP contribution in [0.1, 0.15) is 25.8 Å². The standard InChI is InChI=1S/C16H23F3N2O/c1-15(2)12-21(10-8-20-15)9-5-11-22-14-7-4-3-6-13(14)16(17,18)19/h3-4,6-7,20H,5,8-12H2,1-2H3. The Morgan fingerprint density at radius 3 is 2.68 bits per heavy atom. The predicted molar refractivity (Wildman–Crippen MR) is 80.1 cm³/mol. The van der Waals surface area contributed by atoms with Crippen LogP contribution in [-0.2, 0) is 6.18 Å². The number of rotatable bonds is 5. The molecule has 22 heavy (non-hydrogen) atoms. The van der Waals surface area contributed by atoms with Crippen LogP contribution >= 0.6 is 0 Å². The first-order valence-corrected chi connectivity index (χ1v) is 7.54. The number of para-hydroxylation sites is 1. The Morgan fingerprint density at radius 2 is 2.00 bits per heavy atom. The average Bonchev–Trinajstić information content (AvgIpc) is 2.42. The fourth-order valence-electron chi connectivity index (χ4n) is 2.73. The summed E-state index contributed by atoms with van der Waals surface area (Å²) in [5, 5.41) is 3.43. The van der Waals surface area contributed by atoms with E-state index in [0.717, 1.165) is 32.2 Å². The van der Waals surface area contributed by atoms with Gasteiger partial charge in [0.05, 0.1) is 12.2 Å². The third-order valence-corrected chi connectivity index (χ3v) is 3.72. The third kappa shape index (κ3) is 4.88. The van der Waals surface area contributed by atoms with Crippen molar-refractivity contribution in [1.82, 2.24) is 10.2 Å². The molecule has 0 bridgehead atoms. The molecule has 3 nitrogen and oxygen atoms in total. The molecule has 1 fully saturated rings. The Balaban J connectivity index is 1.80. The van der Waals surface area contributed by atoms with Crippen LogP contribution in [0.2, 0.25) is 0 Å². The zero-order valence-corrected chi connectivity index (χ0v) is 13.0. The van der Waals surface area contributed by atoms with Gasteiger partial charge in [-0.2, -0.15) is 13.2 Å². The van der Waals surface area contributed by atoms with Crippen LogP contribution in [0.5, 0.6) is 5.75 Å². The summed E-state index contributed by atoms with van der Waals surface area (Å²) in [5.41, 5.74) is -0.625. The number of halogens is 3. The van der Waals surface area contributed by atoms with Gasteiger partial charge in [0, 0.05) is 31.7 Å². The molecule has 1 aromatic carbocycles. The Bertz CT molecular complexity index is 489. The highest BCUT2D eigenvalue weighted by molar-refractivity contribution is 5.35. The van der Waals surface area contributed by atoms with E-state index >= 15 is 0 Å². The predicted octanol–water partition coefficient (Wildman–Crippen LogP) is 3.16. The van der Waals surface area contributed by atoms with E-state index in [-0.39, 0.29) is 17.9 Å². The smallest absolute Gasteiger partial charge is 0.419 e. The van der Waals surface area contributed by atoms with E-state index in [1.54, 1.807) is 6.07 Å². The van der Waals surface area contributed by atoms with Crippen molar-refractivity contribution in [2.45, 2.75) is 32.0 Å². The summed E-state index contributed by atoms with van der Waals surface area (Å²) in [4.78, 5) is 2.32. The number of alkyl halides is 3. The molecule has 2 rings (SSSR count). The molecule has 1 aliphatic rings. The average molecular weight is 316 g/mol. The van der Waals surface area contributed by atoms with E-state index in [4.69, 9.17) is 4.74 Å². The van der Waals surface area contributed by atoms with Crippen LogP contribution < -0.4 is 10.1 Å². The highest BCUT2D eigenvalue weighted by atomic mass is 19.4. The summed E-state index contributed by atoms with van der Waals surface area (Å²) in [6, 6.07) is 5.35. The molecule has 0 saturated carbocycles. The second-order valence-electron chi connectivity index (χ2n) is 6.28. The molecule has 0 aliphatic carbocycles. The Morgan fingerprint density at radius 1 is 1.27 bits per heavy atom. The summed E-state index contributed by atoms with van der Waals surface area (Å²) < 4.78 is 43.9. The lowest BCUT2D eigenvalue weighted by Gasteiger charge is -2.39. The first-order chi connectivity index (χ1) is 10.3. The molecule has 1 heterocycles. The van der Waals surface area contributed by atoms with Crippen molar-refractivity contribution in [2.24, 2.45) is 0 Å². The summed E-state index contributed by atoms with van der Waals surface area (Å²) in [5.74, 6) is -0.0874. The van der Waals surface area contributed by atoms with Gasteiger partial charge < -0.3 is 15.0 Å². The van der Waals surface area contributed by atoms with Gasteiger partial charge in [0.2, 0.25) is 0 Å². The highest BCUT2D eigenvalue weighted by Crippen LogP contribution is 2.35. The normalized spacial score (nSPS) is 19.1. The van der Waals surface area contributed by atoms with Crippen LogP contribution in [0.15, 0.2) is 24.3 Å². The minimum absolute atomic E-state index is 0.0853. The molecular formula is C16H23F3N2O. The van der Waals surface area contributed by atoms with Crippen LogP contribution in [0.25, 0.3) is 0 Å². The van der Waals surface area contributed by atoms with Crippen molar-refractivity contribution in [3.05, 3.63) is 29.8 Å². The maximum Gasteiger partial charge on any atom is 0.419 e.